The second-order valence-corrected chi connectivity index (χ2v) is 6.34. The first-order valence-electron chi connectivity index (χ1n) is 6.00. The lowest BCUT2D eigenvalue weighted by atomic mass is 10.2. The summed E-state index contributed by atoms with van der Waals surface area (Å²) in [5, 5.41) is 0.432. The Morgan fingerprint density at radius 1 is 1.18 bits per heavy atom. The first-order valence-corrected chi connectivity index (χ1v) is 7.86. The molecule has 22 heavy (non-hydrogen) atoms. The maximum absolute atomic E-state index is 13.8. The number of benzene rings is 2. The highest BCUT2D eigenvalue weighted by molar-refractivity contribution is 7.92. The summed E-state index contributed by atoms with van der Waals surface area (Å²) in [6.07, 6.45) is 0. The van der Waals surface area contributed by atoms with Crippen LogP contribution in [0.25, 0.3) is 0 Å². The van der Waals surface area contributed by atoms with Gasteiger partial charge in [-0.05, 0) is 42.5 Å². The van der Waals surface area contributed by atoms with E-state index in [4.69, 9.17) is 11.6 Å². The van der Waals surface area contributed by atoms with E-state index in [1.54, 1.807) is 0 Å². The average Bonchev–Trinajstić information content (AvgIpc) is 2.49. The maximum atomic E-state index is 13.8. The van der Waals surface area contributed by atoms with Crippen LogP contribution in [0, 0.1) is 5.82 Å². The van der Waals surface area contributed by atoms with Crippen molar-refractivity contribution in [1.29, 1.82) is 0 Å². The zero-order valence-electron chi connectivity index (χ0n) is 11.3. The Morgan fingerprint density at radius 3 is 2.41 bits per heavy atom. The molecule has 2 rings (SSSR count). The molecule has 2 aromatic rings. The fourth-order valence-corrected chi connectivity index (χ4v) is 2.97. The van der Waals surface area contributed by atoms with Gasteiger partial charge in [0.05, 0.1) is 12.7 Å². The first-order chi connectivity index (χ1) is 10.3. The summed E-state index contributed by atoms with van der Waals surface area (Å²) >= 11 is 5.71. The predicted molar refractivity (Wildman–Crippen MR) is 80.0 cm³/mol. The summed E-state index contributed by atoms with van der Waals surface area (Å²) in [6, 6.07) is 8.79. The molecular formula is C14H11ClFNO4S. The minimum Gasteiger partial charge on any atom is -0.465 e. The van der Waals surface area contributed by atoms with Crippen LogP contribution in [-0.2, 0) is 14.8 Å². The van der Waals surface area contributed by atoms with Gasteiger partial charge in [0.15, 0.2) is 0 Å². The summed E-state index contributed by atoms with van der Waals surface area (Å²) in [5.41, 5.74) is 0.146. The van der Waals surface area contributed by atoms with E-state index in [1.165, 1.54) is 24.3 Å². The lowest BCUT2D eigenvalue weighted by Crippen LogP contribution is -2.15. The lowest BCUT2D eigenvalue weighted by molar-refractivity contribution is 0.0600. The third kappa shape index (κ3) is 3.55. The second-order valence-electron chi connectivity index (χ2n) is 4.25. The van der Waals surface area contributed by atoms with Crippen LogP contribution < -0.4 is 4.72 Å². The molecule has 0 bridgehead atoms. The average molecular weight is 344 g/mol. The number of esters is 1. The molecule has 0 atom stereocenters. The molecule has 0 aliphatic heterocycles. The minimum atomic E-state index is -4.20. The van der Waals surface area contributed by atoms with Crippen molar-refractivity contribution in [3.8, 4) is 0 Å². The molecule has 8 heteroatoms. The molecule has 0 heterocycles. The molecule has 0 saturated carbocycles. The van der Waals surface area contributed by atoms with Crippen LogP contribution >= 0.6 is 11.6 Å². The molecule has 0 aliphatic rings. The number of sulfonamides is 1. The molecule has 0 aliphatic carbocycles. The number of methoxy groups -OCH3 is 1. The zero-order chi connectivity index (χ0) is 16.3. The van der Waals surface area contributed by atoms with Gasteiger partial charge in [0, 0.05) is 10.7 Å². The highest BCUT2D eigenvalue weighted by atomic mass is 35.5. The molecular weight excluding hydrogens is 333 g/mol. The fraction of sp³-hybridized carbons (Fsp3) is 0.0714. The van der Waals surface area contributed by atoms with E-state index >= 15 is 0 Å². The van der Waals surface area contributed by atoms with Crippen molar-refractivity contribution in [2.45, 2.75) is 4.90 Å². The number of hydrogen-bond donors (Lipinski definition) is 1. The normalized spacial score (nSPS) is 11.0. The fourth-order valence-electron chi connectivity index (χ4n) is 1.68. The van der Waals surface area contributed by atoms with E-state index in [2.05, 4.69) is 9.46 Å². The number of carbonyl (C=O) groups is 1. The standard InChI is InChI=1S/C14H11ClFNO4S/c1-21-14(18)9-2-7-12(16)13(8-9)22(19,20)17-11-5-3-10(15)4-6-11/h2-8,17H,1H3. The number of ether oxygens (including phenoxy) is 1. The van der Waals surface area contributed by atoms with E-state index in [1.807, 2.05) is 0 Å². The number of hydrogen-bond acceptors (Lipinski definition) is 4. The number of carbonyl (C=O) groups excluding carboxylic acids is 1. The van der Waals surface area contributed by atoms with Crippen molar-refractivity contribution in [3.63, 3.8) is 0 Å². The summed E-state index contributed by atoms with van der Waals surface area (Å²) in [5.74, 6) is -1.74. The molecule has 5 nitrogen and oxygen atoms in total. The van der Waals surface area contributed by atoms with E-state index in [9.17, 15) is 17.6 Å². The van der Waals surface area contributed by atoms with Crippen LogP contribution in [0.5, 0.6) is 0 Å². The van der Waals surface area contributed by atoms with Crippen molar-refractivity contribution in [1.82, 2.24) is 0 Å². The highest BCUT2D eigenvalue weighted by Crippen LogP contribution is 2.21. The predicted octanol–water partition coefficient (Wildman–Crippen LogP) is 3.07. The van der Waals surface area contributed by atoms with Gasteiger partial charge in [0.25, 0.3) is 10.0 Å². The first kappa shape index (κ1) is 16.3. The quantitative estimate of drug-likeness (QED) is 0.866. The van der Waals surface area contributed by atoms with Gasteiger partial charge in [-0.2, -0.15) is 0 Å². The van der Waals surface area contributed by atoms with Crippen LogP contribution in [0.1, 0.15) is 10.4 Å². The summed E-state index contributed by atoms with van der Waals surface area (Å²) in [4.78, 5) is 10.8. The van der Waals surface area contributed by atoms with Crippen LogP contribution in [0.3, 0.4) is 0 Å². The van der Waals surface area contributed by atoms with Gasteiger partial charge in [0.2, 0.25) is 0 Å². The van der Waals surface area contributed by atoms with Crippen LogP contribution in [-0.4, -0.2) is 21.5 Å². The zero-order valence-corrected chi connectivity index (χ0v) is 12.9. The largest absolute Gasteiger partial charge is 0.465 e. The summed E-state index contributed by atoms with van der Waals surface area (Å²) in [6.45, 7) is 0. The molecule has 0 amide bonds. The Balaban J connectivity index is 2.40. The number of rotatable bonds is 4. The Labute approximate surface area is 131 Å². The van der Waals surface area contributed by atoms with Gasteiger partial charge < -0.3 is 4.74 Å². The molecule has 0 radical (unpaired) electrons. The Kier molecular flexibility index (Phi) is 4.68. The Hall–Kier alpha value is -2.12. The highest BCUT2D eigenvalue weighted by Gasteiger charge is 2.21. The molecule has 0 saturated heterocycles. The van der Waals surface area contributed by atoms with Crippen LogP contribution in [0.4, 0.5) is 10.1 Å². The monoisotopic (exact) mass is 343 g/mol. The summed E-state index contributed by atoms with van der Waals surface area (Å²) < 4.78 is 45.0. The number of anilines is 1. The Bertz CT molecular complexity index is 806. The SMILES string of the molecule is COC(=O)c1ccc(F)c(S(=O)(=O)Nc2ccc(Cl)cc2)c1. The van der Waals surface area contributed by atoms with E-state index in [-0.39, 0.29) is 11.3 Å². The van der Waals surface area contributed by atoms with Crippen molar-refractivity contribution in [2.75, 3.05) is 11.8 Å². The van der Waals surface area contributed by atoms with Crippen LogP contribution in [0.2, 0.25) is 5.02 Å². The van der Waals surface area contributed by atoms with E-state index in [0.717, 1.165) is 25.3 Å². The minimum absolute atomic E-state index is 0.0691. The van der Waals surface area contributed by atoms with E-state index in [0.29, 0.717) is 5.02 Å². The Morgan fingerprint density at radius 2 is 1.82 bits per heavy atom. The van der Waals surface area contributed by atoms with E-state index < -0.39 is 26.7 Å². The van der Waals surface area contributed by atoms with Gasteiger partial charge in [0.1, 0.15) is 10.7 Å². The van der Waals surface area contributed by atoms with Gasteiger partial charge >= 0.3 is 5.97 Å². The third-order valence-electron chi connectivity index (χ3n) is 2.74. The third-order valence-corrected chi connectivity index (χ3v) is 4.39. The molecule has 0 fully saturated rings. The maximum Gasteiger partial charge on any atom is 0.337 e. The molecule has 2 aromatic carbocycles. The van der Waals surface area contributed by atoms with Crippen molar-refractivity contribution >= 4 is 33.3 Å². The van der Waals surface area contributed by atoms with Crippen LogP contribution in [0.15, 0.2) is 47.4 Å². The number of nitrogens with one attached hydrogen (secondary N) is 1. The molecule has 0 spiro atoms. The molecule has 116 valence electrons. The van der Waals surface area contributed by atoms with Gasteiger partial charge in [-0.3, -0.25) is 4.72 Å². The second kappa shape index (κ2) is 6.33. The molecule has 0 aromatic heterocycles. The molecule has 1 N–H and O–H groups in total. The number of halogens is 2. The summed E-state index contributed by atoms with van der Waals surface area (Å²) in [7, 11) is -3.05. The lowest BCUT2D eigenvalue weighted by Gasteiger charge is -2.10. The van der Waals surface area contributed by atoms with Crippen molar-refractivity contribution < 1.29 is 22.3 Å². The van der Waals surface area contributed by atoms with Gasteiger partial charge in [-0.15, -0.1) is 0 Å². The topological polar surface area (TPSA) is 72.5 Å². The van der Waals surface area contributed by atoms with Gasteiger partial charge in [-0.1, -0.05) is 11.6 Å². The molecule has 0 unspecified atom stereocenters. The van der Waals surface area contributed by atoms with Crippen molar-refractivity contribution in [3.05, 3.63) is 58.9 Å². The van der Waals surface area contributed by atoms with Gasteiger partial charge in [-0.25, -0.2) is 17.6 Å². The van der Waals surface area contributed by atoms with Crippen molar-refractivity contribution in [2.24, 2.45) is 0 Å². The smallest absolute Gasteiger partial charge is 0.337 e.